The fourth-order valence-corrected chi connectivity index (χ4v) is 2.65. The summed E-state index contributed by atoms with van der Waals surface area (Å²) in [5, 5.41) is 5.76. The van der Waals surface area contributed by atoms with Gasteiger partial charge in [-0.2, -0.15) is 0 Å². The summed E-state index contributed by atoms with van der Waals surface area (Å²) in [6.45, 7) is 1.45. The van der Waals surface area contributed by atoms with Crippen LogP contribution in [0.15, 0.2) is 66.9 Å². The van der Waals surface area contributed by atoms with Gasteiger partial charge in [-0.3, -0.25) is 19.4 Å². The molecule has 0 bridgehead atoms. The Morgan fingerprint density at radius 2 is 1.64 bits per heavy atom. The minimum absolute atomic E-state index is 0.0741. The number of nitrogens with zero attached hydrogens (tertiary/aromatic N) is 1. The molecule has 0 aliphatic heterocycles. The Balaban J connectivity index is 1.76. The molecule has 0 unspecified atom stereocenters. The maximum absolute atomic E-state index is 12.5. The molecular weight excluding hydrogens is 378 g/mol. The Hall–Kier alpha value is -3.51. The van der Waals surface area contributed by atoms with Crippen LogP contribution >= 0.6 is 11.6 Å². The summed E-state index contributed by atoms with van der Waals surface area (Å²) in [6, 6.07) is 16.3. The molecule has 1 aromatic heterocycles. The molecule has 7 heteroatoms. The van der Waals surface area contributed by atoms with Gasteiger partial charge in [0, 0.05) is 23.0 Å². The lowest BCUT2D eigenvalue weighted by atomic mass is 10.1. The fourth-order valence-electron chi connectivity index (χ4n) is 2.46. The van der Waals surface area contributed by atoms with E-state index >= 15 is 0 Å². The number of hydrogen-bond donors (Lipinski definition) is 2. The quantitative estimate of drug-likeness (QED) is 0.627. The van der Waals surface area contributed by atoms with Crippen LogP contribution in [0.4, 0.5) is 11.4 Å². The van der Waals surface area contributed by atoms with Crippen molar-refractivity contribution >= 4 is 40.6 Å². The van der Waals surface area contributed by atoms with E-state index in [4.69, 9.17) is 11.6 Å². The van der Waals surface area contributed by atoms with Crippen LogP contribution in [0.2, 0.25) is 5.02 Å². The van der Waals surface area contributed by atoms with Gasteiger partial charge in [0.05, 0.1) is 10.7 Å². The second-order valence-electron chi connectivity index (χ2n) is 5.95. The number of amides is 2. The number of aromatic nitrogens is 1. The summed E-state index contributed by atoms with van der Waals surface area (Å²) in [4.78, 5) is 40.4. The van der Waals surface area contributed by atoms with Gasteiger partial charge in [0.2, 0.25) is 0 Å². The van der Waals surface area contributed by atoms with Crippen LogP contribution < -0.4 is 10.6 Å². The Bertz CT molecular complexity index is 1070. The van der Waals surface area contributed by atoms with Crippen LogP contribution in [0.3, 0.4) is 0 Å². The molecule has 28 heavy (non-hydrogen) atoms. The van der Waals surface area contributed by atoms with Crippen LogP contribution in [0.1, 0.15) is 38.1 Å². The molecule has 0 aliphatic carbocycles. The van der Waals surface area contributed by atoms with Gasteiger partial charge in [-0.25, -0.2) is 0 Å². The maximum atomic E-state index is 12.5. The molecule has 0 saturated heterocycles. The average molecular weight is 394 g/mol. The molecule has 2 amide bonds. The number of anilines is 2. The second-order valence-corrected chi connectivity index (χ2v) is 6.36. The first-order valence-corrected chi connectivity index (χ1v) is 8.76. The highest BCUT2D eigenvalue weighted by Gasteiger charge is 2.14. The number of carbonyl (C=O) groups is 3. The number of hydrogen-bond acceptors (Lipinski definition) is 4. The van der Waals surface area contributed by atoms with Crippen molar-refractivity contribution in [2.75, 3.05) is 10.6 Å². The van der Waals surface area contributed by atoms with Crippen LogP contribution in [0, 0.1) is 0 Å². The van der Waals surface area contributed by atoms with E-state index in [1.165, 1.54) is 25.3 Å². The summed E-state index contributed by atoms with van der Waals surface area (Å²) >= 11 is 6.04. The van der Waals surface area contributed by atoms with Gasteiger partial charge in [-0.05, 0) is 43.3 Å². The van der Waals surface area contributed by atoms with Crippen molar-refractivity contribution in [3.63, 3.8) is 0 Å². The van der Waals surface area contributed by atoms with E-state index in [1.807, 2.05) is 0 Å². The number of carbonyl (C=O) groups excluding carboxylic acids is 3. The van der Waals surface area contributed by atoms with Crippen LogP contribution in [0.25, 0.3) is 0 Å². The predicted octanol–water partition coefficient (Wildman–Crippen LogP) is 4.44. The molecular formula is C21H16ClN3O3. The lowest BCUT2D eigenvalue weighted by molar-refractivity contribution is 0.100. The summed E-state index contributed by atoms with van der Waals surface area (Å²) in [5.74, 6) is -1.00. The van der Waals surface area contributed by atoms with Gasteiger partial charge in [0.1, 0.15) is 5.69 Å². The molecule has 2 aromatic carbocycles. The molecule has 6 nitrogen and oxygen atoms in total. The van der Waals surface area contributed by atoms with Gasteiger partial charge in [0.25, 0.3) is 11.8 Å². The number of nitrogens with one attached hydrogen (secondary N) is 2. The number of halogens is 1. The number of pyridine rings is 1. The zero-order valence-corrected chi connectivity index (χ0v) is 15.7. The van der Waals surface area contributed by atoms with E-state index in [9.17, 15) is 14.4 Å². The molecule has 1 heterocycles. The van der Waals surface area contributed by atoms with E-state index in [0.29, 0.717) is 22.0 Å². The molecule has 140 valence electrons. The van der Waals surface area contributed by atoms with Crippen molar-refractivity contribution in [1.29, 1.82) is 0 Å². The smallest absolute Gasteiger partial charge is 0.274 e. The Morgan fingerprint density at radius 3 is 2.39 bits per heavy atom. The monoisotopic (exact) mass is 393 g/mol. The van der Waals surface area contributed by atoms with E-state index in [-0.39, 0.29) is 17.0 Å². The largest absolute Gasteiger partial charge is 0.322 e. The van der Waals surface area contributed by atoms with Crippen molar-refractivity contribution in [2.24, 2.45) is 0 Å². The first-order valence-electron chi connectivity index (χ1n) is 8.38. The molecule has 3 aromatic rings. The molecule has 2 N–H and O–H groups in total. The van der Waals surface area contributed by atoms with Gasteiger partial charge in [-0.1, -0.05) is 35.9 Å². The van der Waals surface area contributed by atoms with Crippen molar-refractivity contribution in [3.8, 4) is 0 Å². The Labute approximate surface area is 166 Å². The highest BCUT2D eigenvalue weighted by atomic mass is 35.5. The number of benzene rings is 2. The van der Waals surface area contributed by atoms with Crippen LogP contribution in [0.5, 0.6) is 0 Å². The standard InChI is InChI=1S/C21H16ClN3O3/c1-13(26)14-5-4-6-16(11-14)24-20(27)15-9-10-23-19(12-15)21(28)25-18-8-3-2-7-17(18)22/h2-12H,1H3,(H,24,27)(H,25,28). The van der Waals surface area contributed by atoms with E-state index in [0.717, 1.165) is 0 Å². The predicted molar refractivity (Wildman–Crippen MR) is 108 cm³/mol. The summed E-state index contributed by atoms with van der Waals surface area (Å²) in [5.41, 5.74) is 1.76. The van der Waals surface area contributed by atoms with Gasteiger partial charge < -0.3 is 10.6 Å². The minimum Gasteiger partial charge on any atom is -0.322 e. The lowest BCUT2D eigenvalue weighted by Crippen LogP contribution is -2.17. The number of ketones is 1. The summed E-state index contributed by atoms with van der Waals surface area (Å²) in [7, 11) is 0. The van der Waals surface area contributed by atoms with Crippen molar-refractivity contribution in [3.05, 3.63) is 88.7 Å². The molecule has 0 spiro atoms. The first-order chi connectivity index (χ1) is 13.4. The zero-order valence-electron chi connectivity index (χ0n) is 14.9. The van der Waals surface area contributed by atoms with Gasteiger partial charge in [0.15, 0.2) is 5.78 Å². The molecule has 0 radical (unpaired) electrons. The third-order valence-corrected chi connectivity index (χ3v) is 4.23. The molecule has 3 rings (SSSR count). The van der Waals surface area contributed by atoms with Crippen LogP contribution in [-0.4, -0.2) is 22.6 Å². The highest BCUT2D eigenvalue weighted by molar-refractivity contribution is 6.33. The molecule has 0 aliphatic rings. The van der Waals surface area contributed by atoms with Crippen molar-refractivity contribution in [2.45, 2.75) is 6.92 Å². The topological polar surface area (TPSA) is 88.2 Å². The third-order valence-electron chi connectivity index (χ3n) is 3.90. The molecule has 0 fully saturated rings. The highest BCUT2D eigenvalue weighted by Crippen LogP contribution is 2.21. The molecule has 0 saturated carbocycles. The molecule has 0 atom stereocenters. The minimum atomic E-state index is -0.485. The van der Waals surface area contributed by atoms with Crippen LogP contribution in [-0.2, 0) is 0 Å². The zero-order chi connectivity index (χ0) is 20.1. The SMILES string of the molecule is CC(=O)c1cccc(NC(=O)c2ccnc(C(=O)Nc3ccccc3Cl)c2)c1. The fraction of sp³-hybridized carbons (Fsp3) is 0.0476. The summed E-state index contributed by atoms with van der Waals surface area (Å²) in [6.07, 6.45) is 1.38. The van der Waals surface area contributed by atoms with Gasteiger partial charge >= 0.3 is 0 Å². The van der Waals surface area contributed by atoms with E-state index in [2.05, 4.69) is 15.6 Å². The average Bonchev–Trinajstić information content (AvgIpc) is 2.70. The van der Waals surface area contributed by atoms with Crippen molar-refractivity contribution in [1.82, 2.24) is 4.98 Å². The lowest BCUT2D eigenvalue weighted by Gasteiger charge is -2.09. The third kappa shape index (κ3) is 4.61. The van der Waals surface area contributed by atoms with E-state index in [1.54, 1.807) is 48.5 Å². The first kappa shape index (κ1) is 19.3. The normalized spacial score (nSPS) is 10.2. The maximum Gasteiger partial charge on any atom is 0.274 e. The number of Topliss-reactive ketones (excluding diaryl/α,β-unsaturated/α-hetero) is 1. The number of para-hydroxylation sites is 1. The second kappa shape index (κ2) is 8.45. The van der Waals surface area contributed by atoms with Crippen molar-refractivity contribution < 1.29 is 14.4 Å². The summed E-state index contributed by atoms with van der Waals surface area (Å²) < 4.78 is 0. The van der Waals surface area contributed by atoms with E-state index < -0.39 is 11.8 Å². The number of rotatable bonds is 5. The Kier molecular flexibility index (Phi) is 5.81. The van der Waals surface area contributed by atoms with Gasteiger partial charge in [-0.15, -0.1) is 0 Å². The Morgan fingerprint density at radius 1 is 0.857 bits per heavy atom.